The van der Waals surface area contributed by atoms with Crippen LogP contribution in [0.25, 0.3) is 0 Å². The summed E-state index contributed by atoms with van der Waals surface area (Å²) in [4.78, 5) is 10.4. The third-order valence-corrected chi connectivity index (χ3v) is 2.87. The molecule has 0 fully saturated rings. The van der Waals surface area contributed by atoms with Crippen LogP contribution in [0, 0.1) is 6.92 Å². The number of aromatic nitrogens is 3. The molecule has 0 radical (unpaired) electrons. The average molecular weight is 298 g/mol. The highest BCUT2D eigenvalue weighted by Crippen LogP contribution is 2.08. The molecule has 0 aliphatic carbocycles. The highest BCUT2D eigenvalue weighted by Gasteiger charge is 2.06. The van der Waals surface area contributed by atoms with Crippen molar-refractivity contribution in [2.45, 2.75) is 11.8 Å². The Bertz CT molecular complexity index is 636. The summed E-state index contributed by atoms with van der Waals surface area (Å²) >= 11 is 0. The van der Waals surface area contributed by atoms with Gasteiger partial charge in [0.2, 0.25) is 17.8 Å². The van der Waals surface area contributed by atoms with E-state index in [0.717, 1.165) is 5.56 Å². The summed E-state index contributed by atoms with van der Waals surface area (Å²) in [7, 11) is -4.02. The smallest absolute Gasteiger partial charge is 0.294 e. The molecule has 9 nitrogen and oxygen atoms in total. The van der Waals surface area contributed by atoms with Crippen molar-refractivity contribution >= 4 is 28.0 Å². The zero-order valence-corrected chi connectivity index (χ0v) is 11.4. The van der Waals surface area contributed by atoms with Crippen LogP contribution < -0.4 is 17.2 Å². The number of nitrogen functional groups attached to an aromatic ring is 3. The standard InChI is InChI=1S/C7H8O3S.C3H6N6/c1-6-2-4-7(5-3-6)11(8,9)10;4-1-7-2(5)9-3(6)8-1/h2-5H,1H3,(H,8,9,10);(H6,4,5,6,7,8,9). The topological polar surface area (TPSA) is 171 Å². The average Bonchev–Trinajstić information content (AvgIpc) is 2.26. The summed E-state index contributed by atoms with van der Waals surface area (Å²) in [5.74, 6) is 0.125. The van der Waals surface area contributed by atoms with Crippen molar-refractivity contribution in [2.24, 2.45) is 0 Å². The Balaban J connectivity index is 0.000000204. The van der Waals surface area contributed by atoms with Crippen LogP contribution in [-0.2, 0) is 10.1 Å². The van der Waals surface area contributed by atoms with Gasteiger partial charge in [0.15, 0.2) is 0 Å². The van der Waals surface area contributed by atoms with E-state index in [4.69, 9.17) is 21.8 Å². The number of rotatable bonds is 1. The van der Waals surface area contributed by atoms with E-state index < -0.39 is 10.1 Å². The molecule has 2 rings (SSSR count). The van der Waals surface area contributed by atoms with Crippen LogP contribution in [0.15, 0.2) is 29.2 Å². The molecule has 0 unspecified atom stereocenters. The molecule has 0 bridgehead atoms. The van der Waals surface area contributed by atoms with Gasteiger partial charge >= 0.3 is 0 Å². The molecule has 0 amide bonds. The molecule has 108 valence electrons. The molecule has 0 saturated heterocycles. The van der Waals surface area contributed by atoms with Crippen molar-refractivity contribution in [1.82, 2.24) is 15.0 Å². The number of hydrogen-bond donors (Lipinski definition) is 4. The van der Waals surface area contributed by atoms with Gasteiger partial charge in [-0.2, -0.15) is 23.4 Å². The van der Waals surface area contributed by atoms with Crippen molar-refractivity contribution in [3.05, 3.63) is 29.8 Å². The predicted octanol–water partition coefficient (Wildman–Crippen LogP) is -0.140. The fourth-order valence-corrected chi connectivity index (χ4v) is 1.62. The number of aryl methyl sites for hydroxylation is 1. The molecule has 0 aliphatic heterocycles. The molecule has 10 heteroatoms. The van der Waals surface area contributed by atoms with E-state index in [1.165, 1.54) is 12.1 Å². The van der Waals surface area contributed by atoms with Crippen LogP contribution >= 0.6 is 0 Å². The lowest BCUT2D eigenvalue weighted by molar-refractivity contribution is 0.483. The Morgan fingerprint density at radius 2 is 1.25 bits per heavy atom. The van der Waals surface area contributed by atoms with Crippen LogP contribution in [0.3, 0.4) is 0 Å². The molecule has 0 saturated carbocycles. The molecule has 0 aliphatic rings. The number of benzene rings is 1. The lowest BCUT2D eigenvalue weighted by atomic mass is 10.2. The summed E-state index contributed by atoms with van der Waals surface area (Å²) in [5.41, 5.74) is 16.4. The van der Waals surface area contributed by atoms with E-state index in [1.54, 1.807) is 12.1 Å². The van der Waals surface area contributed by atoms with Gasteiger partial charge in [0, 0.05) is 0 Å². The van der Waals surface area contributed by atoms with Crippen LogP contribution in [-0.4, -0.2) is 27.9 Å². The van der Waals surface area contributed by atoms with E-state index >= 15 is 0 Å². The molecule has 1 aromatic carbocycles. The maximum Gasteiger partial charge on any atom is 0.294 e. The largest absolute Gasteiger partial charge is 0.368 e. The Kier molecular flexibility index (Phi) is 4.78. The van der Waals surface area contributed by atoms with Gasteiger partial charge in [-0.3, -0.25) is 4.55 Å². The minimum atomic E-state index is -4.02. The molecule has 1 aromatic heterocycles. The molecule has 0 atom stereocenters. The molecule has 0 spiro atoms. The third-order valence-electron chi connectivity index (χ3n) is 2.01. The van der Waals surface area contributed by atoms with Crippen LogP contribution in [0.1, 0.15) is 5.56 Å². The Labute approximate surface area is 115 Å². The zero-order valence-electron chi connectivity index (χ0n) is 10.6. The number of hydrogen-bond acceptors (Lipinski definition) is 8. The first kappa shape index (κ1) is 15.6. The summed E-state index contributed by atoms with van der Waals surface area (Å²) in [5, 5.41) is 0. The van der Waals surface area contributed by atoms with E-state index in [-0.39, 0.29) is 22.7 Å². The van der Waals surface area contributed by atoms with Gasteiger partial charge < -0.3 is 17.2 Å². The summed E-state index contributed by atoms with van der Waals surface area (Å²) < 4.78 is 29.6. The zero-order chi connectivity index (χ0) is 15.3. The first-order valence-corrected chi connectivity index (χ1v) is 6.69. The second-order valence-corrected chi connectivity index (χ2v) is 5.12. The van der Waals surface area contributed by atoms with Crippen LogP contribution in [0.2, 0.25) is 0 Å². The van der Waals surface area contributed by atoms with E-state index in [0.29, 0.717) is 0 Å². The lowest BCUT2D eigenvalue weighted by Crippen LogP contribution is -2.05. The summed E-state index contributed by atoms with van der Waals surface area (Å²) in [6.45, 7) is 1.84. The van der Waals surface area contributed by atoms with Crippen molar-refractivity contribution < 1.29 is 13.0 Å². The van der Waals surface area contributed by atoms with Gasteiger partial charge in [0.05, 0.1) is 4.90 Å². The lowest BCUT2D eigenvalue weighted by Gasteiger charge is -1.95. The molecule has 20 heavy (non-hydrogen) atoms. The second-order valence-electron chi connectivity index (χ2n) is 3.70. The van der Waals surface area contributed by atoms with Gasteiger partial charge in [-0.1, -0.05) is 17.7 Å². The molecule has 7 N–H and O–H groups in total. The van der Waals surface area contributed by atoms with E-state index in [1.807, 2.05) is 6.92 Å². The van der Waals surface area contributed by atoms with Crippen molar-refractivity contribution in [3.63, 3.8) is 0 Å². The number of nitrogens with two attached hydrogens (primary N) is 3. The highest BCUT2D eigenvalue weighted by atomic mass is 32.2. The van der Waals surface area contributed by atoms with Gasteiger partial charge in [0.1, 0.15) is 0 Å². The summed E-state index contributed by atoms with van der Waals surface area (Å²) in [6.07, 6.45) is 0. The first-order valence-electron chi connectivity index (χ1n) is 5.25. The minimum absolute atomic E-state index is 0.0417. The van der Waals surface area contributed by atoms with Crippen LogP contribution in [0.4, 0.5) is 17.8 Å². The Morgan fingerprint density at radius 3 is 1.55 bits per heavy atom. The SMILES string of the molecule is Cc1ccc(S(=O)(=O)O)cc1.Nc1nc(N)nc(N)n1. The quantitative estimate of drug-likeness (QED) is 0.523. The number of nitrogens with zero attached hydrogens (tertiary/aromatic N) is 3. The Morgan fingerprint density at radius 1 is 0.900 bits per heavy atom. The maximum atomic E-state index is 10.5. The van der Waals surface area contributed by atoms with Gasteiger partial charge in [-0.25, -0.2) is 0 Å². The molecular weight excluding hydrogens is 284 g/mol. The van der Waals surface area contributed by atoms with Gasteiger partial charge in [-0.05, 0) is 19.1 Å². The van der Waals surface area contributed by atoms with E-state index in [9.17, 15) is 8.42 Å². The third kappa shape index (κ3) is 5.04. The summed E-state index contributed by atoms with van der Waals surface area (Å²) in [6, 6.07) is 5.99. The van der Waals surface area contributed by atoms with Crippen molar-refractivity contribution in [2.75, 3.05) is 17.2 Å². The molecule has 1 heterocycles. The van der Waals surface area contributed by atoms with Crippen molar-refractivity contribution in [1.29, 1.82) is 0 Å². The normalized spacial score (nSPS) is 10.5. The molecule has 2 aromatic rings. The first-order chi connectivity index (χ1) is 9.18. The maximum absolute atomic E-state index is 10.5. The monoisotopic (exact) mass is 298 g/mol. The fourth-order valence-electron chi connectivity index (χ4n) is 1.14. The fraction of sp³-hybridized carbons (Fsp3) is 0.100. The minimum Gasteiger partial charge on any atom is -0.368 e. The number of anilines is 3. The molecular formula is C10H14N6O3S. The Hall–Kier alpha value is -2.46. The van der Waals surface area contributed by atoms with Crippen LogP contribution in [0.5, 0.6) is 0 Å². The van der Waals surface area contributed by atoms with Gasteiger partial charge in [0.25, 0.3) is 10.1 Å². The van der Waals surface area contributed by atoms with Crippen molar-refractivity contribution in [3.8, 4) is 0 Å². The highest BCUT2D eigenvalue weighted by molar-refractivity contribution is 7.85. The van der Waals surface area contributed by atoms with E-state index in [2.05, 4.69) is 15.0 Å². The van der Waals surface area contributed by atoms with Gasteiger partial charge in [-0.15, -0.1) is 0 Å². The second kappa shape index (κ2) is 6.12. The predicted molar refractivity (Wildman–Crippen MR) is 74.1 cm³/mol.